The van der Waals surface area contributed by atoms with Crippen LogP contribution in [0.1, 0.15) is 25.7 Å². The molecule has 0 aromatic heterocycles. The van der Waals surface area contributed by atoms with E-state index in [4.69, 9.17) is 10.8 Å². The number of unbranched alkanes of at least 4 members (excludes halogenated alkanes) is 1. The van der Waals surface area contributed by atoms with E-state index in [1.54, 1.807) is 0 Å². The molecular weight excluding hydrogens is 187 g/mol. The van der Waals surface area contributed by atoms with Gasteiger partial charge in [-0.15, -0.1) is 0 Å². The highest BCUT2D eigenvalue weighted by Crippen LogP contribution is 2.22. The van der Waals surface area contributed by atoms with Crippen LogP contribution in [0.4, 0.5) is 13.2 Å². The zero-order valence-corrected chi connectivity index (χ0v) is 6.97. The third-order valence-corrected chi connectivity index (χ3v) is 1.58. The smallest absolute Gasteiger partial charge is 0.403 e. The van der Waals surface area contributed by atoms with Gasteiger partial charge in [0.1, 0.15) is 6.04 Å². The number of alkyl halides is 3. The number of carboxylic acid groups (broad SMARTS) is 1. The molecule has 1 unspecified atom stereocenters. The summed E-state index contributed by atoms with van der Waals surface area (Å²) in [6.07, 6.45) is -4.27. The first-order valence-corrected chi connectivity index (χ1v) is 3.88. The molecule has 0 saturated heterocycles. The molecule has 0 aromatic carbocycles. The normalized spacial score (nSPS) is 14.2. The number of hydrogen-bond acceptors (Lipinski definition) is 2. The van der Waals surface area contributed by atoms with E-state index in [2.05, 4.69) is 0 Å². The highest BCUT2D eigenvalue weighted by molar-refractivity contribution is 5.66. The summed E-state index contributed by atoms with van der Waals surface area (Å²) in [5, 5.41) is 8.19. The zero-order chi connectivity index (χ0) is 10.5. The molecule has 0 rings (SSSR count). The Morgan fingerprint density at radius 1 is 1.38 bits per heavy atom. The molecule has 0 aliphatic heterocycles. The van der Waals surface area contributed by atoms with Crippen molar-refractivity contribution < 1.29 is 23.1 Å². The van der Waals surface area contributed by atoms with Crippen molar-refractivity contribution in [1.29, 1.82) is 0 Å². The largest absolute Gasteiger partial charge is 0.481 e. The molecular formula is C7H12F3NO2. The molecule has 6 heteroatoms. The maximum absolute atomic E-state index is 11.8. The van der Waals surface area contributed by atoms with Gasteiger partial charge in [-0.3, -0.25) is 4.79 Å². The maximum Gasteiger partial charge on any atom is 0.403 e. The molecule has 0 aliphatic rings. The molecule has 0 spiro atoms. The second-order valence-corrected chi connectivity index (χ2v) is 2.79. The number of carboxylic acids is 1. The van der Waals surface area contributed by atoms with Gasteiger partial charge >= 0.3 is 12.1 Å². The van der Waals surface area contributed by atoms with Crippen molar-refractivity contribution in [3.05, 3.63) is 0 Å². The molecule has 0 saturated carbocycles. The van der Waals surface area contributed by atoms with Gasteiger partial charge < -0.3 is 10.8 Å². The lowest BCUT2D eigenvalue weighted by atomic mass is 10.1. The van der Waals surface area contributed by atoms with Gasteiger partial charge in [-0.25, -0.2) is 0 Å². The Bertz CT molecular complexity index is 170. The molecule has 0 aromatic rings. The average Bonchev–Trinajstić information content (AvgIpc) is 1.95. The summed E-state index contributed by atoms with van der Waals surface area (Å²) in [6, 6.07) is -1.83. The van der Waals surface area contributed by atoms with E-state index in [0.29, 0.717) is 0 Å². The van der Waals surface area contributed by atoms with E-state index in [9.17, 15) is 18.0 Å². The Morgan fingerprint density at radius 2 is 1.92 bits per heavy atom. The van der Waals surface area contributed by atoms with E-state index in [0.717, 1.165) is 0 Å². The monoisotopic (exact) mass is 199 g/mol. The number of halogens is 3. The summed E-state index contributed by atoms with van der Waals surface area (Å²) in [4.78, 5) is 9.99. The molecule has 0 aliphatic carbocycles. The highest BCUT2D eigenvalue weighted by Gasteiger charge is 2.35. The van der Waals surface area contributed by atoms with Gasteiger partial charge in [0.15, 0.2) is 0 Å². The third kappa shape index (κ3) is 6.39. The van der Waals surface area contributed by atoms with Crippen LogP contribution in [-0.4, -0.2) is 23.3 Å². The van der Waals surface area contributed by atoms with Crippen LogP contribution in [0.2, 0.25) is 0 Å². The fraction of sp³-hybridized carbons (Fsp3) is 0.857. The molecule has 0 amide bonds. The minimum atomic E-state index is -4.37. The molecule has 0 heterocycles. The summed E-state index contributed by atoms with van der Waals surface area (Å²) >= 11 is 0. The Labute approximate surface area is 73.7 Å². The molecule has 13 heavy (non-hydrogen) atoms. The SMILES string of the molecule is NC(CCCCC(=O)O)C(F)(F)F. The van der Waals surface area contributed by atoms with Crippen molar-refractivity contribution >= 4 is 5.97 Å². The average molecular weight is 199 g/mol. The summed E-state index contributed by atoms with van der Waals surface area (Å²) in [7, 11) is 0. The molecule has 0 fully saturated rings. The maximum atomic E-state index is 11.8. The van der Waals surface area contributed by atoms with Gasteiger partial charge in [-0.1, -0.05) is 6.42 Å². The van der Waals surface area contributed by atoms with Crippen molar-refractivity contribution in [2.45, 2.75) is 37.9 Å². The van der Waals surface area contributed by atoms with Crippen LogP contribution in [0.3, 0.4) is 0 Å². The van der Waals surface area contributed by atoms with Gasteiger partial charge in [0, 0.05) is 6.42 Å². The van der Waals surface area contributed by atoms with Crippen LogP contribution in [0.5, 0.6) is 0 Å². The standard InChI is InChI=1S/C7H12F3NO2/c8-7(9,10)5(11)3-1-2-4-6(12)13/h5H,1-4,11H2,(H,12,13). The Hall–Kier alpha value is -0.780. The molecule has 1 atom stereocenters. The second-order valence-electron chi connectivity index (χ2n) is 2.79. The lowest BCUT2D eigenvalue weighted by Gasteiger charge is -2.14. The lowest BCUT2D eigenvalue weighted by Crippen LogP contribution is -2.37. The topological polar surface area (TPSA) is 63.3 Å². The second kappa shape index (κ2) is 5.06. The minimum absolute atomic E-state index is 0.107. The fourth-order valence-electron chi connectivity index (χ4n) is 0.804. The summed E-state index contributed by atoms with van der Waals surface area (Å²) in [5.41, 5.74) is 4.80. The van der Waals surface area contributed by atoms with Crippen LogP contribution < -0.4 is 5.73 Å². The number of nitrogens with two attached hydrogens (primary N) is 1. The quantitative estimate of drug-likeness (QED) is 0.660. The van der Waals surface area contributed by atoms with E-state index in [-0.39, 0.29) is 25.7 Å². The number of aliphatic carboxylic acids is 1. The van der Waals surface area contributed by atoms with Gasteiger partial charge in [-0.2, -0.15) is 13.2 Å². The zero-order valence-electron chi connectivity index (χ0n) is 6.97. The minimum Gasteiger partial charge on any atom is -0.481 e. The molecule has 0 bridgehead atoms. The summed E-state index contributed by atoms with van der Waals surface area (Å²) in [5.74, 6) is -0.999. The van der Waals surface area contributed by atoms with E-state index in [1.807, 2.05) is 0 Å². The molecule has 0 radical (unpaired) electrons. The van der Waals surface area contributed by atoms with Crippen molar-refractivity contribution in [3.8, 4) is 0 Å². The van der Waals surface area contributed by atoms with E-state index < -0.39 is 18.2 Å². The first-order valence-electron chi connectivity index (χ1n) is 3.88. The third-order valence-electron chi connectivity index (χ3n) is 1.58. The van der Waals surface area contributed by atoms with Crippen LogP contribution in [0.15, 0.2) is 0 Å². The highest BCUT2D eigenvalue weighted by atomic mass is 19.4. The van der Waals surface area contributed by atoms with Crippen LogP contribution in [-0.2, 0) is 4.79 Å². The van der Waals surface area contributed by atoms with Crippen LogP contribution in [0, 0.1) is 0 Å². The van der Waals surface area contributed by atoms with Crippen molar-refractivity contribution in [1.82, 2.24) is 0 Å². The van der Waals surface area contributed by atoms with Gasteiger partial charge in [0.05, 0.1) is 0 Å². The Morgan fingerprint density at radius 3 is 2.31 bits per heavy atom. The number of hydrogen-bond donors (Lipinski definition) is 2. The Balaban J connectivity index is 3.49. The van der Waals surface area contributed by atoms with Crippen molar-refractivity contribution in [2.24, 2.45) is 5.73 Å². The molecule has 3 N–H and O–H groups in total. The first kappa shape index (κ1) is 12.2. The van der Waals surface area contributed by atoms with E-state index in [1.165, 1.54) is 0 Å². The van der Waals surface area contributed by atoms with Crippen molar-refractivity contribution in [2.75, 3.05) is 0 Å². The predicted octanol–water partition coefficient (Wildman–Crippen LogP) is 1.52. The molecule has 3 nitrogen and oxygen atoms in total. The van der Waals surface area contributed by atoms with Gasteiger partial charge in [-0.05, 0) is 12.8 Å². The summed E-state index contributed by atoms with van der Waals surface area (Å²) < 4.78 is 35.4. The van der Waals surface area contributed by atoms with Crippen LogP contribution in [0.25, 0.3) is 0 Å². The first-order chi connectivity index (χ1) is 5.84. The van der Waals surface area contributed by atoms with Crippen LogP contribution >= 0.6 is 0 Å². The predicted molar refractivity (Wildman–Crippen MR) is 40.1 cm³/mol. The number of carbonyl (C=O) groups is 1. The van der Waals surface area contributed by atoms with Crippen molar-refractivity contribution in [3.63, 3.8) is 0 Å². The van der Waals surface area contributed by atoms with E-state index >= 15 is 0 Å². The Kier molecular flexibility index (Phi) is 4.76. The van der Waals surface area contributed by atoms with Gasteiger partial charge in [0.2, 0.25) is 0 Å². The lowest BCUT2D eigenvalue weighted by molar-refractivity contribution is -0.149. The summed E-state index contributed by atoms with van der Waals surface area (Å²) in [6.45, 7) is 0. The molecule has 78 valence electrons. The fourth-order valence-corrected chi connectivity index (χ4v) is 0.804. The van der Waals surface area contributed by atoms with Gasteiger partial charge in [0.25, 0.3) is 0 Å². The number of rotatable bonds is 5.